The molecule has 0 saturated carbocycles. The molecule has 1 aliphatic heterocycles. The molecular formula is C14H19BrN2O2. The summed E-state index contributed by atoms with van der Waals surface area (Å²) in [5.41, 5.74) is 0.770. The maximum absolute atomic E-state index is 11.7. The van der Waals surface area contributed by atoms with Crippen LogP contribution in [0.3, 0.4) is 0 Å². The zero-order valence-electron chi connectivity index (χ0n) is 10.8. The van der Waals surface area contributed by atoms with Crippen molar-refractivity contribution in [2.75, 3.05) is 25.1 Å². The molecule has 0 aromatic heterocycles. The van der Waals surface area contributed by atoms with Gasteiger partial charge in [0.15, 0.2) is 0 Å². The second-order valence-corrected chi connectivity index (χ2v) is 5.54. The Balaban J connectivity index is 1.68. The van der Waals surface area contributed by atoms with Gasteiger partial charge in [0.25, 0.3) is 0 Å². The van der Waals surface area contributed by atoms with E-state index in [4.69, 9.17) is 4.74 Å². The summed E-state index contributed by atoms with van der Waals surface area (Å²) in [6.07, 6.45) is 3.61. The summed E-state index contributed by atoms with van der Waals surface area (Å²) in [6.45, 7) is 1.75. The zero-order chi connectivity index (χ0) is 13.5. The van der Waals surface area contributed by atoms with Gasteiger partial charge in [-0.05, 0) is 47.4 Å². The van der Waals surface area contributed by atoms with Crippen LogP contribution in [0.4, 0.5) is 5.69 Å². The number of ether oxygens (including phenoxy) is 1. The average Bonchev–Trinajstić information content (AvgIpc) is 2.43. The molecule has 0 spiro atoms. The summed E-state index contributed by atoms with van der Waals surface area (Å²) in [6, 6.07) is 7.93. The lowest BCUT2D eigenvalue weighted by Crippen LogP contribution is -2.38. The number of anilines is 1. The van der Waals surface area contributed by atoms with Gasteiger partial charge in [-0.3, -0.25) is 4.79 Å². The van der Waals surface area contributed by atoms with E-state index in [1.165, 1.54) is 12.8 Å². The van der Waals surface area contributed by atoms with Crippen LogP contribution >= 0.6 is 15.9 Å². The summed E-state index contributed by atoms with van der Waals surface area (Å²) in [4.78, 5) is 11.7. The van der Waals surface area contributed by atoms with Crippen LogP contribution in [0.15, 0.2) is 28.7 Å². The molecular weight excluding hydrogens is 308 g/mol. The summed E-state index contributed by atoms with van der Waals surface area (Å²) < 4.78 is 6.33. The minimum Gasteiger partial charge on any atom is -0.370 e. The van der Waals surface area contributed by atoms with Crippen molar-refractivity contribution in [1.29, 1.82) is 0 Å². The Bertz CT molecular complexity index is 420. The van der Waals surface area contributed by atoms with E-state index in [0.717, 1.165) is 23.1 Å². The van der Waals surface area contributed by atoms with Crippen molar-refractivity contribution in [1.82, 2.24) is 5.32 Å². The van der Waals surface area contributed by atoms with E-state index in [0.29, 0.717) is 12.6 Å². The van der Waals surface area contributed by atoms with Crippen LogP contribution in [0, 0.1) is 0 Å². The van der Waals surface area contributed by atoms with Gasteiger partial charge in [-0.15, -0.1) is 0 Å². The normalized spacial score (nSPS) is 19.1. The molecule has 0 radical (unpaired) electrons. The molecule has 5 heteroatoms. The second-order valence-electron chi connectivity index (χ2n) is 4.69. The topological polar surface area (TPSA) is 50.4 Å². The number of benzene rings is 1. The number of para-hydroxylation sites is 1. The highest BCUT2D eigenvalue weighted by Crippen LogP contribution is 2.20. The minimum absolute atomic E-state index is 0.0967. The van der Waals surface area contributed by atoms with Crippen LogP contribution in [0.2, 0.25) is 0 Å². The van der Waals surface area contributed by atoms with Crippen LogP contribution in [0.5, 0.6) is 0 Å². The van der Waals surface area contributed by atoms with Gasteiger partial charge < -0.3 is 15.4 Å². The second kappa shape index (κ2) is 7.62. The molecule has 2 rings (SSSR count). The highest BCUT2D eigenvalue weighted by Gasteiger charge is 2.13. The molecule has 2 N–H and O–H groups in total. The molecule has 1 aromatic rings. The Kier molecular flexibility index (Phi) is 5.82. The molecule has 1 unspecified atom stereocenters. The van der Waals surface area contributed by atoms with E-state index in [1.54, 1.807) is 0 Å². The third-order valence-electron chi connectivity index (χ3n) is 3.11. The molecule has 1 aromatic carbocycles. The monoisotopic (exact) mass is 326 g/mol. The molecule has 4 nitrogen and oxygen atoms in total. The maximum Gasteiger partial charge on any atom is 0.250 e. The lowest BCUT2D eigenvalue weighted by Gasteiger charge is -2.23. The van der Waals surface area contributed by atoms with Gasteiger partial charge in [0.05, 0.1) is 12.3 Å². The number of hydrogen-bond donors (Lipinski definition) is 2. The molecule has 1 aliphatic rings. The number of halogens is 1. The van der Waals surface area contributed by atoms with Crippen molar-refractivity contribution >= 4 is 27.5 Å². The summed E-state index contributed by atoms with van der Waals surface area (Å²) in [5.74, 6) is -0.122. The number of rotatable bonds is 5. The Hall–Kier alpha value is -0.910. The van der Waals surface area contributed by atoms with Crippen LogP contribution < -0.4 is 10.6 Å². The fraction of sp³-hybridized carbons (Fsp3) is 0.500. The Morgan fingerprint density at radius 2 is 2.26 bits per heavy atom. The standard InChI is InChI=1S/C14H19BrN2O2/c15-12-6-1-2-7-13(12)17-14(18)10-19-9-11-5-3-4-8-16-11/h1-2,6-7,11,16H,3-5,8-10H2,(H,17,18). The van der Waals surface area contributed by atoms with E-state index < -0.39 is 0 Å². The number of nitrogens with one attached hydrogen (secondary N) is 2. The summed E-state index contributed by atoms with van der Waals surface area (Å²) in [5, 5.41) is 6.20. The first kappa shape index (κ1) is 14.5. The fourth-order valence-electron chi connectivity index (χ4n) is 2.11. The predicted molar refractivity (Wildman–Crippen MR) is 79.2 cm³/mol. The van der Waals surface area contributed by atoms with E-state index in [9.17, 15) is 4.79 Å². The van der Waals surface area contributed by atoms with E-state index >= 15 is 0 Å². The van der Waals surface area contributed by atoms with Crippen molar-refractivity contribution in [2.24, 2.45) is 0 Å². The van der Waals surface area contributed by atoms with Crippen LogP contribution in [0.25, 0.3) is 0 Å². The van der Waals surface area contributed by atoms with Gasteiger partial charge in [0.1, 0.15) is 6.61 Å². The largest absolute Gasteiger partial charge is 0.370 e. The molecule has 19 heavy (non-hydrogen) atoms. The van der Waals surface area contributed by atoms with E-state index in [1.807, 2.05) is 24.3 Å². The molecule has 1 fully saturated rings. The number of amides is 1. The molecule has 1 saturated heterocycles. The maximum atomic E-state index is 11.7. The lowest BCUT2D eigenvalue weighted by molar-refractivity contribution is -0.120. The Morgan fingerprint density at radius 1 is 1.42 bits per heavy atom. The van der Waals surface area contributed by atoms with Crippen molar-refractivity contribution in [2.45, 2.75) is 25.3 Å². The highest BCUT2D eigenvalue weighted by molar-refractivity contribution is 9.10. The molecule has 0 bridgehead atoms. The van der Waals surface area contributed by atoms with Gasteiger partial charge >= 0.3 is 0 Å². The van der Waals surface area contributed by atoms with Gasteiger partial charge in [-0.1, -0.05) is 18.6 Å². The van der Waals surface area contributed by atoms with Crippen molar-refractivity contribution < 1.29 is 9.53 Å². The number of piperidine rings is 1. The van der Waals surface area contributed by atoms with Crippen LogP contribution in [-0.4, -0.2) is 31.7 Å². The van der Waals surface area contributed by atoms with Crippen molar-refractivity contribution in [3.05, 3.63) is 28.7 Å². The number of carbonyl (C=O) groups is 1. The molecule has 0 aliphatic carbocycles. The van der Waals surface area contributed by atoms with Gasteiger partial charge in [-0.2, -0.15) is 0 Å². The first-order valence-corrected chi connectivity index (χ1v) is 7.40. The van der Waals surface area contributed by atoms with Crippen molar-refractivity contribution in [3.63, 3.8) is 0 Å². The van der Waals surface area contributed by atoms with Crippen LogP contribution in [0.1, 0.15) is 19.3 Å². The molecule has 1 amide bonds. The van der Waals surface area contributed by atoms with Gasteiger partial charge in [-0.25, -0.2) is 0 Å². The predicted octanol–water partition coefficient (Wildman–Crippen LogP) is 2.55. The number of hydrogen-bond acceptors (Lipinski definition) is 3. The van der Waals surface area contributed by atoms with Crippen LogP contribution in [-0.2, 0) is 9.53 Å². The third kappa shape index (κ3) is 4.93. The minimum atomic E-state index is -0.122. The first-order chi connectivity index (χ1) is 9.25. The zero-order valence-corrected chi connectivity index (χ0v) is 12.4. The lowest BCUT2D eigenvalue weighted by atomic mass is 10.1. The van der Waals surface area contributed by atoms with E-state index in [-0.39, 0.29) is 12.5 Å². The van der Waals surface area contributed by atoms with Gasteiger partial charge in [0, 0.05) is 10.5 Å². The SMILES string of the molecule is O=C(COCC1CCCCN1)Nc1ccccc1Br. The van der Waals surface area contributed by atoms with Crippen molar-refractivity contribution in [3.8, 4) is 0 Å². The Labute approximate surface area is 122 Å². The third-order valence-corrected chi connectivity index (χ3v) is 3.80. The first-order valence-electron chi connectivity index (χ1n) is 6.61. The fourth-order valence-corrected chi connectivity index (χ4v) is 2.49. The summed E-state index contributed by atoms with van der Waals surface area (Å²) in [7, 11) is 0. The van der Waals surface area contributed by atoms with Gasteiger partial charge in [0.2, 0.25) is 5.91 Å². The highest BCUT2D eigenvalue weighted by atomic mass is 79.9. The molecule has 1 atom stereocenters. The van der Waals surface area contributed by atoms with E-state index in [2.05, 4.69) is 26.6 Å². The smallest absolute Gasteiger partial charge is 0.250 e. The Morgan fingerprint density at radius 3 is 3.00 bits per heavy atom. The summed E-state index contributed by atoms with van der Waals surface area (Å²) >= 11 is 3.39. The molecule has 1 heterocycles. The average molecular weight is 327 g/mol. The molecule has 104 valence electrons. The quantitative estimate of drug-likeness (QED) is 0.874. The number of carbonyl (C=O) groups excluding carboxylic acids is 1.